The number of carbonyl (C=O) groups is 1. The molecule has 0 fully saturated rings. The average Bonchev–Trinajstić information content (AvgIpc) is 2.97. The molecule has 10 heteroatoms. The van der Waals surface area contributed by atoms with Gasteiger partial charge in [-0.15, -0.1) is 0 Å². The van der Waals surface area contributed by atoms with E-state index in [1.165, 1.54) is 31.3 Å². The molecule has 3 aromatic rings. The first-order valence-corrected chi connectivity index (χ1v) is 7.88. The Bertz CT molecular complexity index is 1020. The summed E-state index contributed by atoms with van der Waals surface area (Å²) in [6, 6.07) is 9.47. The van der Waals surface area contributed by atoms with Crippen molar-refractivity contribution in [2.75, 3.05) is 5.32 Å². The summed E-state index contributed by atoms with van der Waals surface area (Å²) >= 11 is 5.92. The van der Waals surface area contributed by atoms with E-state index in [9.17, 15) is 22.4 Å². The number of hydrogen-bond acceptors (Lipinski definition) is 3. The first-order valence-electron chi connectivity index (χ1n) is 7.51. The Balaban J connectivity index is 1.88. The zero-order chi connectivity index (χ0) is 19.8. The Morgan fingerprint density at radius 1 is 1.19 bits per heavy atom. The number of anilines is 1. The Morgan fingerprint density at radius 3 is 2.48 bits per heavy atom. The molecule has 0 bridgehead atoms. The smallest absolute Gasteiger partial charge is 0.306 e. The molecule has 0 aliphatic carbocycles. The molecule has 5 nitrogen and oxygen atoms in total. The molecule has 1 N–H and O–H groups in total. The molecule has 0 radical (unpaired) electrons. The van der Waals surface area contributed by atoms with Gasteiger partial charge in [0.1, 0.15) is 5.82 Å². The Hall–Kier alpha value is -2.94. The van der Waals surface area contributed by atoms with Crippen LogP contribution in [0.5, 0.6) is 0 Å². The van der Waals surface area contributed by atoms with E-state index in [-0.39, 0.29) is 27.7 Å². The third kappa shape index (κ3) is 3.92. The van der Waals surface area contributed by atoms with E-state index >= 15 is 0 Å². The van der Waals surface area contributed by atoms with Gasteiger partial charge in [-0.05, 0) is 30.3 Å². The lowest BCUT2D eigenvalue weighted by molar-refractivity contribution is -0.141. The van der Waals surface area contributed by atoms with Crippen LogP contribution in [0.15, 0.2) is 42.5 Å². The van der Waals surface area contributed by atoms with Crippen LogP contribution in [0.3, 0.4) is 0 Å². The number of rotatable bonds is 3. The summed E-state index contributed by atoms with van der Waals surface area (Å²) in [6.45, 7) is 0. The molecule has 0 spiro atoms. The number of alkyl halides is 3. The third-order valence-electron chi connectivity index (χ3n) is 3.66. The van der Waals surface area contributed by atoms with Gasteiger partial charge in [0, 0.05) is 7.05 Å². The lowest BCUT2D eigenvalue weighted by atomic mass is 10.2. The van der Waals surface area contributed by atoms with Crippen molar-refractivity contribution in [3.8, 4) is 11.3 Å². The Morgan fingerprint density at radius 2 is 1.89 bits per heavy atom. The van der Waals surface area contributed by atoms with Gasteiger partial charge < -0.3 is 5.32 Å². The van der Waals surface area contributed by atoms with Crippen LogP contribution >= 0.6 is 11.6 Å². The summed E-state index contributed by atoms with van der Waals surface area (Å²) in [7, 11) is 1.26. The van der Waals surface area contributed by atoms with Crippen molar-refractivity contribution in [3.05, 3.63) is 64.7 Å². The highest BCUT2D eigenvalue weighted by Gasteiger charge is 2.35. The summed E-state index contributed by atoms with van der Waals surface area (Å²) in [5.74, 6) is -1.76. The molecule has 0 aliphatic rings. The fourth-order valence-corrected chi connectivity index (χ4v) is 2.60. The summed E-state index contributed by atoms with van der Waals surface area (Å²) < 4.78 is 53.5. The second kappa shape index (κ2) is 6.99. The zero-order valence-electron chi connectivity index (χ0n) is 13.7. The highest BCUT2D eigenvalue weighted by molar-refractivity contribution is 6.34. The van der Waals surface area contributed by atoms with Crippen LogP contribution in [0.25, 0.3) is 11.3 Å². The van der Waals surface area contributed by atoms with E-state index in [0.717, 1.165) is 10.7 Å². The van der Waals surface area contributed by atoms with Crippen molar-refractivity contribution in [2.24, 2.45) is 7.05 Å². The Labute approximate surface area is 155 Å². The fourth-order valence-electron chi connectivity index (χ4n) is 2.38. The molecule has 0 unspecified atom stereocenters. The predicted molar refractivity (Wildman–Crippen MR) is 90.8 cm³/mol. The number of benzene rings is 1. The van der Waals surface area contributed by atoms with Crippen molar-refractivity contribution < 1.29 is 22.4 Å². The topological polar surface area (TPSA) is 59.8 Å². The normalized spacial score (nSPS) is 11.5. The second-order valence-electron chi connectivity index (χ2n) is 5.51. The molecule has 27 heavy (non-hydrogen) atoms. The van der Waals surface area contributed by atoms with Gasteiger partial charge in [0.25, 0.3) is 5.91 Å². The SMILES string of the molecule is Cn1nc(C(F)(F)F)cc1-c1ccc(NC(=O)c2ccccc2Cl)nc1F. The standard InChI is InChI=1S/C17H11ClF4N4O/c1-26-12(8-13(25-26)17(20,21)22)10-6-7-14(23-15(10)19)24-16(27)9-4-2-3-5-11(9)18/h2-8H,1H3,(H,23,24,27). The van der Waals surface area contributed by atoms with Gasteiger partial charge in [0.15, 0.2) is 5.69 Å². The van der Waals surface area contributed by atoms with E-state index in [1.807, 2.05) is 0 Å². The van der Waals surface area contributed by atoms with Crippen molar-refractivity contribution in [1.82, 2.24) is 14.8 Å². The van der Waals surface area contributed by atoms with Crippen LogP contribution < -0.4 is 5.32 Å². The van der Waals surface area contributed by atoms with Crippen LogP contribution in [0.2, 0.25) is 5.02 Å². The fraction of sp³-hybridized carbons (Fsp3) is 0.118. The number of nitrogens with one attached hydrogen (secondary N) is 1. The maximum Gasteiger partial charge on any atom is 0.435 e. The molecular weight excluding hydrogens is 388 g/mol. The van der Waals surface area contributed by atoms with Crippen LogP contribution in [-0.2, 0) is 13.2 Å². The van der Waals surface area contributed by atoms with Gasteiger partial charge in [0.2, 0.25) is 5.95 Å². The highest BCUT2D eigenvalue weighted by Crippen LogP contribution is 2.32. The first-order chi connectivity index (χ1) is 12.7. The molecule has 0 atom stereocenters. The number of carbonyl (C=O) groups excluding carboxylic acids is 1. The molecule has 140 valence electrons. The molecule has 1 aromatic carbocycles. The van der Waals surface area contributed by atoms with Crippen molar-refractivity contribution in [2.45, 2.75) is 6.18 Å². The minimum absolute atomic E-state index is 0.101. The number of aryl methyl sites for hydroxylation is 1. The van der Waals surface area contributed by atoms with Gasteiger partial charge in [-0.25, -0.2) is 4.98 Å². The molecule has 0 aliphatic heterocycles. The van der Waals surface area contributed by atoms with Gasteiger partial charge >= 0.3 is 6.18 Å². The summed E-state index contributed by atoms with van der Waals surface area (Å²) in [5.41, 5.74) is -1.25. The number of pyridine rings is 1. The number of amides is 1. The molecular formula is C17H11ClF4N4O. The lowest BCUT2D eigenvalue weighted by Crippen LogP contribution is -2.14. The van der Waals surface area contributed by atoms with E-state index in [4.69, 9.17) is 11.6 Å². The average molecular weight is 399 g/mol. The van der Waals surface area contributed by atoms with Gasteiger partial charge in [0.05, 0.1) is 21.8 Å². The summed E-state index contributed by atoms with van der Waals surface area (Å²) in [6.07, 6.45) is -4.65. The molecule has 2 heterocycles. The van der Waals surface area contributed by atoms with Gasteiger partial charge in [-0.2, -0.15) is 22.7 Å². The molecule has 2 aromatic heterocycles. The van der Waals surface area contributed by atoms with Crippen LogP contribution in [0.4, 0.5) is 23.4 Å². The minimum atomic E-state index is -4.65. The number of halogens is 5. The summed E-state index contributed by atoms with van der Waals surface area (Å²) in [5, 5.41) is 5.93. The second-order valence-corrected chi connectivity index (χ2v) is 5.91. The van der Waals surface area contributed by atoms with E-state index in [2.05, 4.69) is 15.4 Å². The Kier molecular flexibility index (Phi) is 4.88. The number of aromatic nitrogens is 3. The first kappa shape index (κ1) is 18.8. The van der Waals surface area contributed by atoms with Crippen molar-refractivity contribution in [3.63, 3.8) is 0 Å². The lowest BCUT2D eigenvalue weighted by Gasteiger charge is -2.08. The monoisotopic (exact) mass is 398 g/mol. The molecule has 3 rings (SSSR count). The molecule has 0 saturated carbocycles. The molecule has 1 amide bonds. The third-order valence-corrected chi connectivity index (χ3v) is 3.98. The zero-order valence-corrected chi connectivity index (χ0v) is 14.4. The van der Waals surface area contributed by atoms with Gasteiger partial charge in [-0.3, -0.25) is 9.48 Å². The van der Waals surface area contributed by atoms with E-state index in [0.29, 0.717) is 0 Å². The summed E-state index contributed by atoms with van der Waals surface area (Å²) in [4.78, 5) is 15.8. The van der Waals surface area contributed by atoms with E-state index < -0.39 is 23.7 Å². The number of hydrogen-bond donors (Lipinski definition) is 1. The van der Waals surface area contributed by atoms with Gasteiger partial charge in [-0.1, -0.05) is 23.7 Å². The molecule has 0 saturated heterocycles. The minimum Gasteiger partial charge on any atom is -0.306 e. The quantitative estimate of drug-likeness (QED) is 0.520. The van der Waals surface area contributed by atoms with Crippen LogP contribution in [0.1, 0.15) is 16.1 Å². The largest absolute Gasteiger partial charge is 0.435 e. The number of nitrogens with zero attached hydrogens (tertiary/aromatic N) is 3. The van der Waals surface area contributed by atoms with E-state index in [1.54, 1.807) is 12.1 Å². The van der Waals surface area contributed by atoms with Crippen molar-refractivity contribution >= 4 is 23.3 Å². The van der Waals surface area contributed by atoms with Crippen molar-refractivity contribution in [1.29, 1.82) is 0 Å². The van der Waals surface area contributed by atoms with Crippen LogP contribution in [-0.4, -0.2) is 20.7 Å². The predicted octanol–water partition coefficient (Wildman–Crippen LogP) is 4.55. The maximum atomic E-state index is 14.3. The maximum absolute atomic E-state index is 14.3. The van der Waals surface area contributed by atoms with Crippen LogP contribution in [0, 0.1) is 5.95 Å². The highest BCUT2D eigenvalue weighted by atomic mass is 35.5.